The van der Waals surface area contributed by atoms with Gasteiger partial charge in [-0.3, -0.25) is 0 Å². The van der Waals surface area contributed by atoms with Crippen LogP contribution in [0.4, 0.5) is 13.2 Å². The van der Waals surface area contributed by atoms with Crippen LogP contribution in [0.5, 0.6) is 0 Å². The first-order valence-corrected chi connectivity index (χ1v) is 4.27. The molecule has 5 heteroatoms. The first kappa shape index (κ1) is 14.6. The van der Waals surface area contributed by atoms with Crippen molar-refractivity contribution in [3.63, 3.8) is 0 Å². The molecule has 1 aromatic carbocycles. The van der Waals surface area contributed by atoms with Crippen molar-refractivity contribution in [3.05, 3.63) is 41.2 Å². The monoisotopic (exact) mass is 209 g/mol. The van der Waals surface area contributed by atoms with Gasteiger partial charge in [-0.1, -0.05) is 42.8 Å². The summed E-state index contributed by atoms with van der Waals surface area (Å²) in [5.74, 6) is 0. The van der Waals surface area contributed by atoms with Crippen LogP contribution in [0.3, 0.4) is 0 Å². The van der Waals surface area contributed by atoms with E-state index < -0.39 is 18.8 Å². The molecular weight excluding hydrogens is 198 g/mol. The van der Waals surface area contributed by atoms with E-state index >= 15 is 0 Å². The molecule has 0 N–H and O–H groups in total. The van der Waals surface area contributed by atoms with Crippen molar-refractivity contribution >= 4 is 0 Å². The molecule has 1 rings (SSSR count). The minimum absolute atomic E-state index is 0. The molecule has 0 unspecified atom stereocenters. The second-order valence-electron chi connectivity index (χ2n) is 3.04. The third-order valence-corrected chi connectivity index (χ3v) is 1.83. The van der Waals surface area contributed by atoms with E-state index in [-0.39, 0.29) is 18.9 Å². The first-order valence-electron chi connectivity index (χ1n) is 4.27. The van der Waals surface area contributed by atoms with Gasteiger partial charge in [-0.15, -0.1) is 6.04 Å². The van der Waals surface area contributed by atoms with Crippen LogP contribution in [0.25, 0.3) is 5.32 Å². The van der Waals surface area contributed by atoms with Gasteiger partial charge >= 0.3 is 25.0 Å². The van der Waals surface area contributed by atoms with Crippen LogP contribution in [0.1, 0.15) is 18.5 Å². The summed E-state index contributed by atoms with van der Waals surface area (Å²) in [6.45, 7) is 0.574. The zero-order valence-electron chi connectivity index (χ0n) is 8.75. The van der Waals surface area contributed by atoms with E-state index in [1.807, 2.05) is 6.07 Å². The summed E-state index contributed by atoms with van der Waals surface area (Å²) in [4.78, 5) is 0. The molecule has 0 saturated heterocycles. The van der Waals surface area contributed by atoms with E-state index in [9.17, 15) is 13.2 Å². The van der Waals surface area contributed by atoms with Crippen LogP contribution in [0.2, 0.25) is 0 Å². The molecule has 1 atom stereocenters. The van der Waals surface area contributed by atoms with Gasteiger partial charge in [0.15, 0.2) is 0 Å². The van der Waals surface area contributed by atoms with Crippen molar-refractivity contribution in [2.45, 2.75) is 19.1 Å². The van der Waals surface area contributed by atoms with Gasteiger partial charge in [0.25, 0.3) is 0 Å². The minimum atomic E-state index is -4.21. The van der Waals surface area contributed by atoms with E-state index in [0.717, 1.165) is 5.56 Å². The Morgan fingerprint density at radius 1 is 1.20 bits per heavy atom. The Balaban J connectivity index is 0.00000196. The van der Waals surface area contributed by atoms with Gasteiger partial charge in [-0.25, -0.2) is 0 Å². The quantitative estimate of drug-likeness (QED) is 0.650. The molecular formula is C10H11F3LiN. The molecule has 0 saturated carbocycles. The fraction of sp³-hybridized carbons (Fsp3) is 0.400. The van der Waals surface area contributed by atoms with Crippen LogP contribution in [0.15, 0.2) is 30.3 Å². The second-order valence-corrected chi connectivity index (χ2v) is 3.04. The Morgan fingerprint density at radius 3 is 2.20 bits per heavy atom. The summed E-state index contributed by atoms with van der Waals surface area (Å²) in [7, 11) is 0. The number of hydrogen-bond acceptors (Lipinski definition) is 0. The summed E-state index contributed by atoms with van der Waals surface area (Å²) < 4.78 is 35.5. The van der Waals surface area contributed by atoms with Crippen LogP contribution in [-0.4, -0.2) is 12.7 Å². The fourth-order valence-corrected chi connectivity index (χ4v) is 1.08. The molecule has 0 bridgehead atoms. The molecule has 0 aliphatic heterocycles. The molecule has 0 aliphatic rings. The molecule has 0 spiro atoms. The van der Waals surface area contributed by atoms with E-state index in [1.54, 1.807) is 31.2 Å². The minimum Gasteiger partial charge on any atom is -0.649 e. The van der Waals surface area contributed by atoms with Crippen molar-refractivity contribution in [3.8, 4) is 0 Å². The third kappa shape index (κ3) is 5.88. The molecule has 1 aromatic rings. The molecule has 78 valence electrons. The van der Waals surface area contributed by atoms with Crippen LogP contribution < -0.4 is 18.9 Å². The summed E-state index contributed by atoms with van der Waals surface area (Å²) >= 11 is 0. The topological polar surface area (TPSA) is 14.1 Å². The van der Waals surface area contributed by atoms with Gasteiger partial charge < -0.3 is 5.32 Å². The predicted molar refractivity (Wildman–Crippen MR) is 49.1 cm³/mol. The van der Waals surface area contributed by atoms with Gasteiger partial charge in [-0.05, 0) is 6.54 Å². The molecule has 0 heterocycles. The normalized spacial score (nSPS) is 13.1. The summed E-state index contributed by atoms with van der Waals surface area (Å²) in [6.07, 6.45) is -4.21. The zero-order chi connectivity index (χ0) is 10.6. The Morgan fingerprint density at radius 2 is 1.73 bits per heavy atom. The van der Waals surface area contributed by atoms with Crippen LogP contribution >= 0.6 is 0 Å². The van der Waals surface area contributed by atoms with Gasteiger partial charge in [-0.2, -0.15) is 13.2 Å². The Hall–Kier alpha value is -0.433. The first-order chi connectivity index (χ1) is 6.49. The van der Waals surface area contributed by atoms with Crippen molar-refractivity contribution < 1.29 is 32.0 Å². The van der Waals surface area contributed by atoms with E-state index in [1.165, 1.54) is 0 Å². The van der Waals surface area contributed by atoms with Crippen LogP contribution in [0, 0.1) is 0 Å². The number of alkyl halides is 3. The number of nitrogens with zero attached hydrogens (tertiary/aromatic N) is 1. The van der Waals surface area contributed by atoms with Crippen LogP contribution in [-0.2, 0) is 0 Å². The SMILES string of the molecule is C[C@H]([N-]CC(F)(F)F)c1ccccc1.[Li+]. The zero-order valence-corrected chi connectivity index (χ0v) is 8.75. The molecule has 0 radical (unpaired) electrons. The summed E-state index contributed by atoms with van der Waals surface area (Å²) in [5.41, 5.74) is 0.803. The molecule has 15 heavy (non-hydrogen) atoms. The van der Waals surface area contributed by atoms with Gasteiger partial charge in [0.1, 0.15) is 0 Å². The third-order valence-electron chi connectivity index (χ3n) is 1.83. The van der Waals surface area contributed by atoms with Crippen molar-refractivity contribution in [1.29, 1.82) is 0 Å². The van der Waals surface area contributed by atoms with Crippen molar-refractivity contribution in [2.75, 3.05) is 6.54 Å². The van der Waals surface area contributed by atoms with Gasteiger partial charge in [0.05, 0.1) is 0 Å². The Labute approximate surface area is 99.2 Å². The van der Waals surface area contributed by atoms with Crippen molar-refractivity contribution in [1.82, 2.24) is 0 Å². The number of halogens is 3. The number of hydrogen-bond donors (Lipinski definition) is 0. The van der Waals surface area contributed by atoms with Gasteiger partial charge in [0.2, 0.25) is 0 Å². The average molecular weight is 209 g/mol. The smallest absolute Gasteiger partial charge is 0.649 e. The average Bonchev–Trinajstić information content (AvgIpc) is 2.14. The maximum absolute atomic E-state index is 11.8. The molecule has 0 fully saturated rings. The second kappa shape index (κ2) is 6.22. The van der Waals surface area contributed by atoms with Gasteiger partial charge in [0, 0.05) is 0 Å². The van der Waals surface area contributed by atoms with Crippen molar-refractivity contribution in [2.24, 2.45) is 0 Å². The molecule has 0 aliphatic carbocycles. The standard InChI is InChI=1S/C10H11F3N.Li/c1-8(14-7-10(11,12)13)9-5-3-2-4-6-9;/h2-6,8H,7H2,1H3;/q-1;+1/t8-;/m0./s1. The Kier molecular flexibility index (Phi) is 6.04. The van der Waals surface area contributed by atoms with E-state index in [0.29, 0.717) is 0 Å². The molecule has 1 nitrogen and oxygen atoms in total. The Bertz CT molecular complexity index is 274. The fourth-order valence-electron chi connectivity index (χ4n) is 1.08. The summed E-state index contributed by atoms with van der Waals surface area (Å²) in [5, 5.41) is 3.54. The largest absolute Gasteiger partial charge is 1.00 e. The van der Waals surface area contributed by atoms with E-state index in [4.69, 9.17) is 0 Å². The summed E-state index contributed by atoms with van der Waals surface area (Å²) in [6, 6.07) is 8.52. The van der Waals surface area contributed by atoms with E-state index in [2.05, 4.69) is 5.32 Å². The molecule has 0 aromatic heterocycles. The predicted octanol–water partition coefficient (Wildman–Crippen LogP) is 0.688. The number of rotatable bonds is 3. The maximum Gasteiger partial charge on any atom is 1.00 e. The molecule has 0 amide bonds. The maximum atomic E-state index is 11.8. The number of benzene rings is 1.